The summed E-state index contributed by atoms with van der Waals surface area (Å²) in [6.45, 7) is 10.0. The Labute approximate surface area is 145 Å². The summed E-state index contributed by atoms with van der Waals surface area (Å²) in [7, 11) is 0. The monoisotopic (exact) mass is 328 g/mol. The highest BCUT2D eigenvalue weighted by Crippen LogP contribution is 2.11. The molecule has 0 aliphatic heterocycles. The molecule has 1 amide bonds. The molecule has 0 bridgehead atoms. The van der Waals surface area contributed by atoms with Crippen molar-refractivity contribution >= 4 is 5.91 Å². The summed E-state index contributed by atoms with van der Waals surface area (Å²) in [5, 5.41) is 15.1. The van der Waals surface area contributed by atoms with Gasteiger partial charge in [-0.25, -0.2) is 0 Å². The molecule has 2 N–H and O–H groups in total. The summed E-state index contributed by atoms with van der Waals surface area (Å²) in [6.07, 6.45) is 2.48. The van der Waals surface area contributed by atoms with Crippen LogP contribution in [-0.2, 0) is 4.79 Å². The van der Waals surface area contributed by atoms with Crippen LogP contribution in [0.5, 0.6) is 0 Å². The zero-order valence-corrected chi connectivity index (χ0v) is 14.9. The SMILES string of the molecule is CCN(CC)CCCN/C=C(/C#N)C(=O)NC(C)c1ccccc1. The van der Waals surface area contributed by atoms with Crippen molar-refractivity contribution < 1.29 is 4.79 Å². The number of carbonyl (C=O) groups excluding carboxylic acids is 1. The van der Waals surface area contributed by atoms with E-state index in [1.807, 2.05) is 43.3 Å². The molecule has 0 heterocycles. The van der Waals surface area contributed by atoms with Crippen LogP contribution in [0.25, 0.3) is 0 Å². The molecule has 130 valence electrons. The number of nitriles is 1. The smallest absolute Gasteiger partial charge is 0.263 e. The number of benzene rings is 1. The van der Waals surface area contributed by atoms with Crippen LogP contribution < -0.4 is 10.6 Å². The van der Waals surface area contributed by atoms with E-state index >= 15 is 0 Å². The van der Waals surface area contributed by atoms with Gasteiger partial charge in [-0.15, -0.1) is 0 Å². The number of hydrogen-bond donors (Lipinski definition) is 2. The molecule has 0 saturated carbocycles. The van der Waals surface area contributed by atoms with Crippen molar-refractivity contribution in [3.8, 4) is 6.07 Å². The van der Waals surface area contributed by atoms with Gasteiger partial charge >= 0.3 is 0 Å². The molecule has 1 aromatic carbocycles. The predicted octanol–water partition coefficient (Wildman–Crippen LogP) is 2.59. The van der Waals surface area contributed by atoms with Gasteiger partial charge in [0, 0.05) is 12.7 Å². The van der Waals surface area contributed by atoms with Crippen LogP contribution in [-0.4, -0.2) is 37.0 Å². The third-order valence-corrected chi connectivity index (χ3v) is 3.95. The average Bonchev–Trinajstić information content (AvgIpc) is 2.62. The number of carbonyl (C=O) groups is 1. The average molecular weight is 328 g/mol. The zero-order valence-electron chi connectivity index (χ0n) is 14.9. The first-order chi connectivity index (χ1) is 11.6. The molecule has 0 fully saturated rings. The Balaban J connectivity index is 2.44. The number of nitrogens with one attached hydrogen (secondary N) is 2. The highest BCUT2D eigenvalue weighted by atomic mass is 16.1. The normalized spacial score (nSPS) is 12.5. The van der Waals surface area contributed by atoms with E-state index in [-0.39, 0.29) is 17.5 Å². The maximum Gasteiger partial charge on any atom is 0.263 e. The lowest BCUT2D eigenvalue weighted by molar-refractivity contribution is -0.117. The van der Waals surface area contributed by atoms with Gasteiger partial charge in [-0.1, -0.05) is 44.2 Å². The van der Waals surface area contributed by atoms with Crippen LogP contribution in [0.15, 0.2) is 42.1 Å². The Hall–Kier alpha value is -2.32. The largest absolute Gasteiger partial charge is 0.390 e. The number of nitrogens with zero attached hydrogens (tertiary/aromatic N) is 2. The third kappa shape index (κ3) is 6.84. The Kier molecular flexibility index (Phi) is 9.25. The fraction of sp³-hybridized carbons (Fsp3) is 0.474. The molecular formula is C19H28N4O. The number of rotatable bonds is 10. The quantitative estimate of drug-likeness (QED) is 0.393. The minimum Gasteiger partial charge on any atom is -0.390 e. The first-order valence-corrected chi connectivity index (χ1v) is 8.54. The van der Waals surface area contributed by atoms with Crippen molar-refractivity contribution in [2.24, 2.45) is 0 Å². The van der Waals surface area contributed by atoms with Crippen molar-refractivity contribution in [2.45, 2.75) is 33.2 Å². The number of amides is 1. The molecular weight excluding hydrogens is 300 g/mol. The fourth-order valence-electron chi connectivity index (χ4n) is 2.37. The van der Waals surface area contributed by atoms with Gasteiger partial charge in [0.15, 0.2) is 0 Å². The van der Waals surface area contributed by atoms with Crippen LogP contribution in [0.4, 0.5) is 0 Å². The summed E-state index contributed by atoms with van der Waals surface area (Å²) >= 11 is 0. The second-order valence-corrected chi connectivity index (χ2v) is 5.61. The van der Waals surface area contributed by atoms with Crippen molar-refractivity contribution in [3.63, 3.8) is 0 Å². The summed E-state index contributed by atoms with van der Waals surface area (Å²) in [5.74, 6) is -0.356. The van der Waals surface area contributed by atoms with E-state index in [1.54, 1.807) is 0 Å². The van der Waals surface area contributed by atoms with Gasteiger partial charge < -0.3 is 15.5 Å². The van der Waals surface area contributed by atoms with Crippen LogP contribution in [0, 0.1) is 11.3 Å². The lowest BCUT2D eigenvalue weighted by atomic mass is 10.1. The molecule has 0 aliphatic carbocycles. The van der Waals surface area contributed by atoms with Gasteiger partial charge in [-0.05, 0) is 38.5 Å². The van der Waals surface area contributed by atoms with E-state index in [0.29, 0.717) is 0 Å². The van der Waals surface area contributed by atoms with Gasteiger partial charge in [-0.3, -0.25) is 4.79 Å². The minimum atomic E-state index is -0.356. The highest BCUT2D eigenvalue weighted by Gasteiger charge is 2.13. The van der Waals surface area contributed by atoms with Crippen molar-refractivity contribution in [1.29, 1.82) is 5.26 Å². The summed E-state index contributed by atoms with van der Waals surface area (Å²) in [6, 6.07) is 11.5. The fourth-order valence-corrected chi connectivity index (χ4v) is 2.37. The van der Waals surface area contributed by atoms with E-state index in [1.165, 1.54) is 6.20 Å². The third-order valence-electron chi connectivity index (χ3n) is 3.95. The molecule has 0 aliphatic rings. The summed E-state index contributed by atoms with van der Waals surface area (Å²) in [4.78, 5) is 14.5. The molecule has 0 saturated heterocycles. The topological polar surface area (TPSA) is 68.2 Å². The summed E-state index contributed by atoms with van der Waals surface area (Å²) in [5.41, 5.74) is 1.11. The Bertz CT molecular complexity index is 558. The van der Waals surface area contributed by atoms with Crippen LogP contribution in [0.2, 0.25) is 0 Å². The second kappa shape index (κ2) is 11.3. The minimum absolute atomic E-state index is 0.0978. The van der Waals surface area contributed by atoms with Gasteiger partial charge in [0.25, 0.3) is 5.91 Å². The van der Waals surface area contributed by atoms with Gasteiger partial charge in [-0.2, -0.15) is 5.26 Å². The van der Waals surface area contributed by atoms with E-state index < -0.39 is 0 Å². The number of hydrogen-bond acceptors (Lipinski definition) is 4. The Morgan fingerprint density at radius 3 is 2.54 bits per heavy atom. The molecule has 0 radical (unpaired) electrons. The van der Waals surface area contributed by atoms with E-state index in [4.69, 9.17) is 0 Å². The van der Waals surface area contributed by atoms with Crippen molar-refractivity contribution in [1.82, 2.24) is 15.5 Å². The highest BCUT2D eigenvalue weighted by molar-refractivity contribution is 5.97. The second-order valence-electron chi connectivity index (χ2n) is 5.61. The molecule has 0 spiro atoms. The van der Waals surface area contributed by atoms with Crippen LogP contribution >= 0.6 is 0 Å². The molecule has 1 aromatic rings. The molecule has 1 rings (SSSR count). The molecule has 0 aromatic heterocycles. The first-order valence-electron chi connectivity index (χ1n) is 8.54. The summed E-state index contributed by atoms with van der Waals surface area (Å²) < 4.78 is 0. The zero-order chi connectivity index (χ0) is 17.8. The van der Waals surface area contributed by atoms with Gasteiger partial charge in [0.05, 0.1) is 6.04 Å². The maximum absolute atomic E-state index is 12.2. The van der Waals surface area contributed by atoms with E-state index in [0.717, 1.165) is 38.2 Å². The Morgan fingerprint density at radius 1 is 1.29 bits per heavy atom. The Morgan fingerprint density at radius 2 is 1.96 bits per heavy atom. The van der Waals surface area contributed by atoms with Crippen LogP contribution in [0.3, 0.4) is 0 Å². The van der Waals surface area contributed by atoms with Gasteiger partial charge in [0.1, 0.15) is 11.6 Å². The van der Waals surface area contributed by atoms with Crippen molar-refractivity contribution in [3.05, 3.63) is 47.7 Å². The molecule has 24 heavy (non-hydrogen) atoms. The lowest BCUT2D eigenvalue weighted by Crippen LogP contribution is -2.29. The molecule has 5 nitrogen and oxygen atoms in total. The van der Waals surface area contributed by atoms with Crippen LogP contribution in [0.1, 0.15) is 38.8 Å². The van der Waals surface area contributed by atoms with Crippen molar-refractivity contribution in [2.75, 3.05) is 26.2 Å². The lowest BCUT2D eigenvalue weighted by Gasteiger charge is -2.17. The van der Waals surface area contributed by atoms with E-state index in [2.05, 4.69) is 29.4 Å². The van der Waals surface area contributed by atoms with E-state index in [9.17, 15) is 10.1 Å². The predicted molar refractivity (Wildman–Crippen MR) is 97.1 cm³/mol. The van der Waals surface area contributed by atoms with Gasteiger partial charge in [0.2, 0.25) is 0 Å². The molecule has 1 unspecified atom stereocenters. The molecule has 1 atom stereocenters. The molecule has 5 heteroatoms. The standard InChI is InChI=1S/C19H28N4O/c1-4-23(5-2)13-9-12-21-15-18(14-20)19(24)22-16(3)17-10-7-6-8-11-17/h6-8,10-11,15-16,21H,4-5,9,12-13H2,1-3H3,(H,22,24)/b18-15-. The first kappa shape index (κ1) is 19.7. The maximum atomic E-state index is 12.2.